The van der Waals surface area contributed by atoms with Crippen LogP contribution in [0.5, 0.6) is 11.5 Å². The Balaban J connectivity index is 1.48. The number of amides is 1. The third-order valence-corrected chi connectivity index (χ3v) is 4.23. The molecule has 1 atom stereocenters. The molecule has 1 amide bonds. The zero-order valence-electron chi connectivity index (χ0n) is 13.2. The number of ether oxygens (including phenoxy) is 1. The second kappa shape index (κ2) is 6.52. The van der Waals surface area contributed by atoms with Crippen molar-refractivity contribution >= 4 is 23.8 Å². The van der Waals surface area contributed by atoms with Crippen molar-refractivity contribution in [3.63, 3.8) is 0 Å². The molecule has 0 radical (unpaired) electrons. The molecule has 1 aliphatic rings. The fourth-order valence-electron chi connectivity index (χ4n) is 2.86. The predicted molar refractivity (Wildman–Crippen MR) is 94.4 cm³/mol. The summed E-state index contributed by atoms with van der Waals surface area (Å²) in [6, 6.07) is 17.0. The molecule has 1 N–H and O–H groups in total. The van der Waals surface area contributed by atoms with Gasteiger partial charge >= 0.3 is 0 Å². The van der Waals surface area contributed by atoms with E-state index in [0.29, 0.717) is 18.9 Å². The molecule has 7 heteroatoms. The van der Waals surface area contributed by atoms with Crippen LogP contribution in [0.15, 0.2) is 59.0 Å². The highest BCUT2D eigenvalue weighted by Gasteiger charge is 2.34. The summed E-state index contributed by atoms with van der Waals surface area (Å²) in [5.41, 5.74) is 0.821. The van der Waals surface area contributed by atoms with Crippen molar-refractivity contribution in [2.75, 3.05) is 11.4 Å². The Labute approximate surface area is 149 Å². The molecule has 0 aliphatic carbocycles. The molecule has 2 heterocycles. The van der Waals surface area contributed by atoms with Gasteiger partial charge in [-0.1, -0.05) is 18.2 Å². The van der Waals surface area contributed by atoms with Gasteiger partial charge in [0.15, 0.2) is 0 Å². The number of aromatic amines is 1. The Kier molecular flexibility index (Phi) is 4.07. The van der Waals surface area contributed by atoms with E-state index >= 15 is 0 Å². The van der Waals surface area contributed by atoms with Crippen molar-refractivity contribution in [1.82, 2.24) is 10.2 Å². The molecule has 2 aromatic carbocycles. The standard InChI is InChI=1S/C18H15N3O3S/c22-16-10-12(17-19-20-18(25)24-17)11-21(16)13-6-8-15(9-7-13)23-14-4-2-1-3-5-14/h1-9,12H,10-11H2,(H,20,25). The number of hydrogen-bond donors (Lipinski definition) is 1. The van der Waals surface area contributed by atoms with E-state index in [2.05, 4.69) is 10.2 Å². The van der Waals surface area contributed by atoms with Crippen molar-refractivity contribution in [2.45, 2.75) is 12.3 Å². The van der Waals surface area contributed by atoms with Gasteiger partial charge in [0.05, 0.1) is 5.92 Å². The number of anilines is 1. The molecule has 4 rings (SSSR count). The average molecular weight is 353 g/mol. The first-order valence-corrected chi connectivity index (χ1v) is 8.28. The second-order valence-corrected chi connectivity index (χ2v) is 6.14. The van der Waals surface area contributed by atoms with Crippen LogP contribution in [-0.2, 0) is 4.79 Å². The highest BCUT2D eigenvalue weighted by atomic mass is 32.1. The lowest BCUT2D eigenvalue weighted by Gasteiger charge is -2.16. The van der Waals surface area contributed by atoms with Crippen LogP contribution in [0.2, 0.25) is 0 Å². The first kappa shape index (κ1) is 15.6. The van der Waals surface area contributed by atoms with Crippen molar-refractivity contribution < 1.29 is 13.9 Å². The number of nitrogens with zero attached hydrogens (tertiary/aromatic N) is 2. The van der Waals surface area contributed by atoms with Crippen molar-refractivity contribution in [1.29, 1.82) is 0 Å². The van der Waals surface area contributed by atoms with Crippen LogP contribution in [0.1, 0.15) is 18.2 Å². The van der Waals surface area contributed by atoms with Gasteiger partial charge < -0.3 is 14.1 Å². The summed E-state index contributed by atoms with van der Waals surface area (Å²) >= 11 is 4.89. The highest BCUT2D eigenvalue weighted by molar-refractivity contribution is 7.71. The molecule has 25 heavy (non-hydrogen) atoms. The van der Waals surface area contributed by atoms with Gasteiger partial charge in [-0.25, -0.2) is 5.10 Å². The summed E-state index contributed by atoms with van der Waals surface area (Å²) in [4.78, 5) is 14.3. The number of carbonyl (C=O) groups excluding carboxylic acids is 1. The number of benzene rings is 2. The molecule has 3 aromatic rings. The molecule has 1 aromatic heterocycles. The molecule has 126 valence electrons. The SMILES string of the molecule is O=C1CC(c2n[nH]c(=S)o2)CN1c1ccc(Oc2ccccc2)cc1. The molecular weight excluding hydrogens is 338 g/mol. The van der Waals surface area contributed by atoms with Gasteiger partial charge in [0.2, 0.25) is 11.8 Å². The molecule has 1 aliphatic heterocycles. The molecule has 0 saturated carbocycles. The first-order valence-electron chi connectivity index (χ1n) is 7.88. The molecule has 1 saturated heterocycles. The molecule has 0 spiro atoms. The molecule has 0 bridgehead atoms. The Morgan fingerprint density at radius 1 is 1.12 bits per heavy atom. The van der Waals surface area contributed by atoms with E-state index < -0.39 is 0 Å². The normalized spacial score (nSPS) is 17.0. The fourth-order valence-corrected chi connectivity index (χ4v) is 2.99. The van der Waals surface area contributed by atoms with Gasteiger partial charge in [-0.3, -0.25) is 4.79 Å². The van der Waals surface area contributed by atoms with Crippen LogP contribution in [0.25, 0.3) is 0 Å². The summed E-state index contributed by atoms with van der Waals surface area (Å²) in [6.45, 7) is 0.515. The van der Waals surface area contributed by atoms with Crippen LogP contribution < -0.4 is 9.64 Å². The molecular formula is C18H15N3O3S. The number of H-pyrrole nitrogens is 1. The van der Waals surface area contributed by atoms with E-state index in [1.807, 2.05) is 54.6 Å². The Bertz CT molecular complexity index is 934. The van der Waals surface area contributed by atoms with E-state index in [-0.39, 0.29) is 16.7 Å². The fraction of sp³-hybridized carbons (Fsp3) is 0.167. The summed E-state index contributed by atoms with van der Waals surface area (Å²) in [6.07, 6.45) is 0.353. The molecule has 6 nitrogen and oxygen atoms in total. The van der Waals surface area contributed by atoms with Crippen molar-refractivity contribution in [3.8, 4) is 11.5 Å². The minimum atomic E-state index is -0.0966. The largest absolute Gasteiger partial charge is 0.457 e. The molecule has 1 unspecified atom stereocenters. The van der Waals surface area contributed by atoms with E-state index in [1.54, 1.807) is 4.90 Å². The Morgan fingerprint density at radius 2 is 1.84 bits per heavy atom. The number of carbonyl (C=O) groups is 1. The number of hydrogen-bond acceptors (Lipinski definition) is 5. The maximum atomic E-state index is 12.3. The van der Waals surface area contributed by atoms with Crippen LogP contribution in [0.3, 0.4) is 0 Å². The van der Waals surface area contributed by atoms with Gasteiger partial charge in [-0.15, -0.1) is 5.10 Å². The smallest absolute Gasteiger partial charge is 0.284 e. The third-order valence-electron chi connectivity index (χ3n) is 4.06. The van der Waals surface area contributed by atoms with Crippen LogP contribution in [-0.4, -0.2) is 22.6 Å². The minimum Gasteiger partial charge on any atom is -0.457 e. The van der Waals surface area contributed by atoms with E-state index in [9.17, 15) is 4.79 Å². The zero-order valence-corrected chi connectivity index (χ0v) is 14.0. The summed E-state index contributed by atoms with van der Waals surface area (Å²) in [7, 11) is 0. The molecule has 1 fully saturated rings. The van der Waals surface area contributed by atoms with E-state index in [0.717, 1.165) is 17.2 Å². The topological polar surface area (TPSA) is 71.4 Å². The number of aromatic nitrogens is 2. The monoisotopic (exact) mass is 353 g/mol. The van der Waals surface area contributed by atoms with Crippen molar-refractivity contribution in [3.05, 3.63) is 65.3 Å². The maximum absolute atomic E-state index is 12.3. The lowest BCUT2D eigenvalue weighted by atomic mass is 10.1. The van der Waals surface area contributed by atoms with Gasteiger partial charge in [0, 0.05) is 18.7 Å². The average Bonchev–Trinajstić information content (AvgIpc) is 3.22. The Hall–Kier alpha value is -2.93. The van der Waals surface area contributed by atoms with Crippen LogP contribution in [0.4, 0.5) is 5.69 Å². The van der Waals surface area contributed by atoms with Crippen molar-refractivity contribution in [2.24, 2.45) is 0 Å². The van der Waals surface area contributed by atoms with Gasteiger partial charge in [0.1, 0.15) is 11.5 Å². The lowest BCUT2D eigenvalue weighted by Crippen LogP contribution is -2.24. The predicted octanol–water partition coefficient (Wildman–Crippen LogP) is 4.04. The Morgan fingerprint density at radius 3 is 2.52 bits per heavy atom. The number of para-hydroxylation sites is 1. The maximum Gasteiger partial charge on any atom is 0.284 e. The highest BCUT2D eigenvalue weighted by Crippen LogP contribution is 2.32. The third kappa shape index (κ3) is 3.32. The quantitative estimate of drug-likeness (QED) is 0.717. The lowest BCUT2D eigenvalue weighted by molar-refractivity contribution is -0.117. The summed E-state index contributed by atoms with van der Waals surface area (Å²) in [5, 5.41) is 6.62. The summed E-state index contributed by atoms with van der Waals surface area (Å²) in [5.74, 6) is 1.90. The minimum absolute atomic E-state index is 0.0332. The van der Waals surface area contributed by atoms with Gasteiger partial charge in [-0.2, -0.15) is 0 Å². The number of rotatable bonds is 4. The van der Waals surface area contributed by atoms with Crippen LogP contribution >= 0.6 is 12.2 Å². The second-order valence-electron chi connectivity index (χ2n) is 5.77. The van der Waals surface area contributed by atoms with Gasteiger partial charge in [-0.05, 0) is 48.6 Å². The van der Waals surface area contributed by atoms with Crippen LogP contribution in [0, 0.1) is 4.84 Å². The number of nitrogens with one attached hydrogen (secondary N) is 1. The zero-order chi connectivity index (χ0) is 17.2. The van der Waals surface area contributed by atoms with E-state index in [4.69, 9.17) is 21.4 Å². The van der Waals surface area contributed by atoms with E-state index in [1.165, 1.54) is 0 Å². The summed E-state index contributed by atoms with van der Waals surface area (Å²) < 4.78 is 11.1. The first-order chi connectivity index (χ1) is 12.2. The van der Waals surface area contributed by atoms with Gasteiger partial charge in [0.25, 0.3) is 4.84 Å².